The molecule has 0 aliphatic carbocycles. The average molecular weight is 207 g/mol. The highest BCUT2D eigenvalue weighted by Crippen LogP contribution is 2.22. The van der Waals surface area contributed by atoms with E-state index in [1.807, 2.05) is 0 Å². The SMILES string of the molecule is Fc1ccc(-c2c[c]ccn2)cc1Cl. The molecular formula is C11H6ClFN. The maximum atomic E-state index is 12.9. The van der Waals surface area contributed by atoms with Crippen LogP contribution in [0.4, 0.5) is 4.39 Å². The molecule has 69 valence electrons. The number of hydrogen-bond acceptors (Lipinski definition) is 1. The molecule has 3 heteroatoms. The minimum absolute atomic E-state index is 0.105. The van der Waals surface area contributed by atoms with Crippen LogP contribution in [0, 0.1) is 11.9 Å². The third kappa shape index (κ3) is 1.75. The highest BCUT2D eigenvalue weighted by molar-refractivity contribution is 6.31. The molecule has 0 N–H and O–H groups in total. The van der Waals surface area contributed by atoms with Gasteiger partial charge in [-0.3, -0.25) is 4.98 Å². The van der Waals surface area contributed by atoms with Gasteiger partial charge >= 0.3 is 0 Å². The van der Waals surface area contributed by atoms with Gasteiger partial charge < -0.3 is 0 Å². The van der Waals surface area contributed by atoms with Crippen LogP contribution in [0.15, 0.2) is 36.5 Å². The Hall–Kier alpha value is -1.41. The predicted molar refractivity (Wildman–Crippen MR) is 53.5 cm³/mol. The van der Waals surface area contributed by atoms with Crippen molar-refractivity contribution in [2.45, 2.75) is 0 Å². The number of pyridine rings is 1. The van der Waals surface area contributed by atoms with Crippen LogP contribution in [0.2, 0.25) is 5.02 Å². The van der Waals surface area contributed by atoms with Gasteiger partial charge in [0, 0.05) is 11.8 Å². The Bertz CT molecular complexity index is 442. The third-order valence-corrected chi connectivity index (χ3v) is 2.11. The lowest BCUT2D eigenvalue weighted by Gasteiger charge is -2.00. The summed E-state index contributed by atoms with van der Waals surface area (Å²) in [6, 6.07) is 10.8. The smallest absolute Gasteiger partial charge is 0.141 e. The zero-order valence-electron chi connectivity index (χ0n) is 7.17. The van der Waals surface area contributed by atoms with Gasteiger partial charge in [0.25, 0.3) is 0 Å². The van der Waals surface area contributed by atoms with E-state index in [1.54, 1.807) is 30.5 Å². The van der Waals surface area contributed by atoms with Crippen LogP contribution in [-0.2, 0) is 0 Å². The Kier molecular flexibility index (Phi) is 2.46. The molecule has 1 radical (unpaired) electrons. The molecule has 0 aliphatic rings. The summed E-state index contributed by atoms with van der Waals surface area (Å²) < 4.78 is 12.9. The van der Waals surface area contributed by atoms with Gasteiger partial charge in [-0.25, -0.2) is 4.39 Å². The normalized spacial score (nSPS) is 10.1. The first-order valence-corrected chi connectivity index (χ1v) is 4.43. The lowest BCUT2D eigenvalue weighted by atomic mass is 10.1. The predicted octanol–water partition coefficient (Wildman–Crippen LogP) is 3.34. The summed E-state index contributed by atoms with van der Waals surface area (Å²) in [6.45, 7) is 0. The maximum absolute atomic E-state index is 12.9. The first kappa shape index (κ1) is 9.16. The summed E-state index contributed by atoms with van der Waals surface area (Å²) in [5.41, 5.74) is 1.52. The quantitative estimate of drug-likeness (QED) is 0.698. The van der Waals surface area contributed by atoms with Crippen LogP contribution in [0.3, 0.4) is 0 Å². The first-order valence-electron chi connectivity index (χ1n) is 4.05. The van der Waals surface area contributed by atoms with Crippen molar-refractivity contribution in [3.05, 3.63) is 53.4 Å². The van der Waals surface area contributed by atoms with Gasteiger partial charge in [-0.05, 0) is 36.4 Å². The second kappa shape index (κ2) is 3.76. The van der Waals surface area contributed by atoms with Crippen LogP contribution in [-0.4, -0.2) is 4.98 Å². The fourth-order valence-electron chi connectivity index (χ4n) is 1.14. The monoisotopic (exact) mass is 206 g/mol. The molecule has 0 aliphatic heterocycles. The maximum Gasteiger partial charge on any atom is 0.141 e. The van der Waals surface area contributed by atoms with Gasteiger partial charge in [-0.1, -0.05) is 11.6 Å². The molecule has 1 nitrogen and oxygen atoms in total. The van der Waals surface area contributed by atoms with Crippen LogP contribution < -0.4 is 0 Å². The molecule has 2 aromatic rings. The summed E-state index contributed by atoms with van der Waals surface area (Å²) >= 11 is 5.65. The fourth-order valence-corrected chi connectivity index (χ4v) is 1.32. The van der Waals surface area contributed by atoms with Crippen LogP contribution in [0.1, 0.15) is 0 Å². The van der Waals surface area contributed by atoms with E-state index in [2.05, 4.69) is 11.1 Å². The van der Waals surface area contributed by atoms with Gasteiger partial charge in [0.05, 0.1) is 10.7 Å². The first-order chi connectivity index (χ1) is 6.77. The molecule has 0 bridgehead atoms. The fraction of sp³-hybridized carbons (Fsp3) is 0. The molecule has 1 aromatic heterocycles. The van der Waals surface area contributed by atoms with E-state index in [9.17, 15) is 4.39 Å². The Morgan fingerprint density at radius 1 is 1.36 bits per heavy atom. The molecule has 1 aromatic carbocycles. The lowest BCUT2D eigenvalue weighted by molar-refractivity contribution is 0.628. The second-order valence-corrected chi connectivity index (χ2v) is 3.18. The molecule has 0 atom stereocenters. The Morgan fingerprint density at radius 3 is 2.86 bits per heavy atom. The molecule has 0 fully saturated rings. The van der Waals surface area contributed by atoms with E-state index < -0.39 is 5.82 Å². The van der Waals surface area contributed by atoms with Crippen molar-refractivity contribution in [2.24, 2.45) is 0 Å². The molecule has 1 heterocycles. The summed E-state index contributed by atoms with van der Waals surface area (Å²) in [4.78, 5) is 4.11. The topological polar surface area (TPSA) is 12.9 Å². The highest BCUT2D eigenvalue weighted by Gasteiger charge is 2.02. The highest BCUT2D eigenvalue weighted by atomic mass is 35.5. The van der Waals surface area contributed by atoms with E-state index in [4.69, 9.17) is 11.6 Å². The molecule has 0 spiro atoms. The summed E-state index contributed by atoms with van der Waals surface area (Å²) in [6.07, 6.45) is 1.63. The van der Waals surface area contributed by atoms with E-state index >= 15 is 0 Å². The van der Waals surface area contributed by atoms with E-state index in [0.717, 1.165) is 11.3 Å². The minimum atomic E-state index is -0.421. The molecule has 0 saturated carbocycles. The van der Waals surface area contributed by atoms with Gasteiger partial charge in [-0.15, -0.1) is 0 Å². The molecule has 0 saturated heterocycles. The number of rotatable bonds is 1. The average Bonchev–Trinajstić information content (AvgIpc) is 2.23. The Morgan fingerprint density at radius 2 is 2.21 bits per heavy atom. The van der Waals surface area contributed by atoms with Crippen molar-refractivity contribution in [3.8, 4) is 11.3 Å². The number of benzene rings is 1. The van der Waals surface area contributed by atoms with Crippen molar-refractivity contribution >= 4 is 11.6 Å². The summed E-state index contributed by atoms with van der Waals surface area (Å²) in [5.74, 6) is -0.421. The third-order valence-electron chi connectivity index (χ3n) is 1.82. The van der Waals surface area contributed by atoms with Crippen molar-refractivity contribution in [1.29, 1.82) is 0 Å². The molecule has 0 amide bonds. The van der Waals surface area contributed by atoms with Crippen LogP contribution in [0.5, 0.6) is 0 Å². The van der Waals surface area contributed by atoms with Gasteiger partial charge in [0.2, 0.25) is 0 Å². The number of aromatic nitrogens is 1. The van der Waals surface area contributed by atoms with Crippen molar-refractivity contribution in [2.75, 3.05) is 0 Å². The number of halogens is 2. The zero-order chi connectivity index (χ0) is 9.97. The minimum Gasteiger partial charge on any atom is -0.256 e. The van der Waals surface area contributed by atoms with Crippen molar-refractivity contribution in [3.63, 3.8) is 0 Å². The second-order valence-electron chi connectivity index (χ2n) is 2.77. The van der Waals surface area contributed by atoms with Crippen LogP contribution in [0.25, 0.3) is 11.3 Å². The molecule has 0 unspecified atom stereocenters. The Balaban J connectivity index is 2.48. The van der Waals surface area contributed by atoms with E-state index in [1.165, 1.54) is 6.07 Å². The van der Waals surface area contributed by atoms with Crippen molar-refractivity contribution in [1.82, 2.24) is 4.98 Å². The van der Waals surface area contributed by atoms with Crippen LogP contribution >= 0.6 is 11.6 Å². The Labute approximate surface area is 86.2 Å². The van der Waals surface area contributed by atoms with Gasteiger partial charge in [-0.2, -0.15) is 0 Å². The lowest BCUT2D eigenvalue weighted by Crippen LogP contribution is -1.83. The molecule has 14 heavy (non-hydrogen) atoms. The van der Waals surface area contributed by atoms with Gasteiger partial charge in [0.15, 0.2) is 0 Å². The summed E-state index contributed by atoms with van der Waals surface area (Å²) in [5, 5.41) is 0.105. The largest absolute Gasteiger partial charge is 0.256 e. The standard InChI is InChI=1S/C11H6ClFN/c12-9-7-8(4-5-10(9)13)11-3-1-2-6-14-11/h2-7H. The van der Waals surface area contributed by atoms with E-state index in [0.29, 0.717) is 0 Å². The number of hydrogen-bond donors (Lipinski definition) is 0. The molecular weight excluding hydrogens is 201 g/mol. The van der Waals surface area contributed by atoms with Gasteiger partial charge in [0.1, 0.15) is 5.82 Å². The van der Waals surface area contributed by atoms with Crippen molar-refractivity contribution < 1.29 is 4.39 Å². The van der Waals surface area contributed by atoms with E-state index in [-0.39, 0.29) is 5.02 Å². The molecule has 2 rings (SSSR count). The number of nitrogens with zero attached hydrogens (tertiary/aromatic N) is 1. The zero-order valence-corrected chi connectivity index (χ0v) is 7.92. The summed E-state index contributed by atoms with van der Waals surface area (Å²) in [7, 11) is 0.